The maximum absolute atomic E-state index is 10.4. The maximum atomic E-state index is 10.4. The van der Waals surface area contributed by atoms with Crippen LogP contribution in [0.1, 0.15) is 29.7 Å². The normalized spacial score (nSPS) is 19.6. The average molecular weight is 316 g/mol. The van der Waals surface area contributed by atoms with Crippen molar-refractivity contribution in [1.82, 2.24) is 9.88 Å². The van der Waals surface area contributed by atoms with Gasteiger partial charge in [-0.05, 0) is 51.3 Å². The standard InChI is InChI=1S/C19H28N2O2/c1-13-6-7-19-18(9-13)14(2)15(3)21(19)12-16(22)10-20-11-17-5-4-8-23-17/h6-7,9,16-17,20,22H,4-5,8,10-12H2,1-3H3/t16-,17+/m0/s1. The first-order chi connectivity index (χ1) is 11.1. The summed E-state index contributed by atoms with van der Waals surface area (Å²) in [6.07, 6.45) is 2.21. The van der Waals surface area contributed by atoms with Crippen LogP contribution >= 0.6 is 0 Å². The van der Waals surface area contributed by atoms with E-state index >= 15 is 0 Å². The van der Waals surface area contributed by atoms with E-state index in [-0.39, 0.29) is 0 Å². The molecule has 4 heteroatoms. The van der Waals surface area contributed by atoms with Crippen LogP contribution in [0.15, 0.2) is 18.2 Å². The Balaban J connectivity index is 1.64. The Morgan fingerprint density at radius 1 is 1.35 bits per heavy atom. The van der Waals surface area contributed by atoms with Crippen LogP contribution in [0, 0.1) is 20.8 Å². The monoisotopic (exact) mass is 316 g/mol. The molecule has 1 aromatic heterocycles. The topological polar surface area (TPSA) is 46.4 Å². The van der Waals surface area contributed by atoms with Crippen molar-refractivity contribution in [2.45, 2.75) is 52.4 Å². The zero-order chi connectivity index (χ0) is 16.4. The molecule has 2 atom stereocenters. The van der Waals surface area contributed by atoms with Crippen molar-refractivity contribution in [2.24, 2.45) is 0 Å². The molecule has 1 aliphatic rings. The van der Waals surface area contributed by atoms with Gasteiger partial charge in [-0.3, -0.25) is 0 Å². The van der Waals surface area contributed by atoms with Crippen LogP contribution in [0.25, 0.3) is 10.9 Å². The molecule has 0 spiro atoms. The van der Waals surface area contributed by atoms with E-state index in [0.29, 0.717) is 19.2 Å². The fourth-order valence-electron chi connectivity index (χ4n) is 3.49. The third-order valence-electron chi connectivity index (χ3n) is 4.96. The summed E-state index contributed by atoms with van der Waals surface area (Å²) < 4.78 is 7.83. The summed E-state index contributed by atoms with van der Waals surface area (Å²) >= 11 is 0. The Hall–Kier alpha value is -1.36. The van der Waals surface area contributed by atoms with E-state index < -0.39 is 6.10 Å². The number of aliphatic hydroxyl groups excluding tert-OH is 1. The minimum atomic E-state index is -0.397. The van der Waals surface area contributed by atoms with Crippen molar-refractivity contribution in [3.05, 3.63) is 35.0 Å². The molecule has 23 heavy (non-hydrogen) atoms. The van der Waals surface area contributed by atoms with Gasteiger partial charge in [0.1, 0.15) is 0 Å². The predicted molar refractivity (Wildman–Crippen MR) is 94.0 cm³/mol. The zero-order valence-corrected chi connectivity index (χ0v) is 14.4. The predicted octanol–water partition coefficient (Wildman–Crippen LogP) is 2.70. The van der Waals surface area contributed by atoms with E-state index in [1.807, 2.05) is 0 Å². The molecule has 0 bridgehead atoms. The molecule has 0 aliphatic carbocycles. The average Bonchev–Trinajstić information content (AvgIpc) is 3.11. The Morgan fingerprint density at radius 3 is 2.91 bits per heavy atom. The molecule has 2 N–H and O–H groups in total. The molecule has 126 valence electrons. The van der Waals surface area contributed by atoms with Gasteiger partial charge in [0.15, 0.2) is 0 Å². The first-order valence-electron chi connectivity index (χ1n) is 8.62. The molecule has 4 nitrogen and oxygen atoms in total. The first-order valence-corrected chi connectivity index (χ1v) is 8.62. The van der Waals surface area contributed by atoms with Crippen molar-refractivity contribution in [3.8, 4) is 0 Å². The number of hydrogen-bond acceptors (Lipinski definition) is 3. The number of nitrogens with zero attached hydrogens (tertiary/aromatic N) is 1. The van der Waals surface area contributed by atoms with Gasteiger partial charge < -0.3 is 19.7 Å². The largest absolute Gasteiger partial charge is 0.390 e. The molecular formula is C19H28N2O2. The number of ether oxygens (including phenoxy) is 1. The van der Waals surface area contributed by atoms with Gasteiger partial charge in [0, 0.05) is 36.3 Å². The van der Waals surface area contributed by atoms with Crippen molar-refractivity contribution < 1.29 is 9.84 Å². The number of rotatable bonds is 6. The molecule has 3 rings (SSSR count). The summed E-state index contributed by atoms with van der Waals surface area (Å²) in [6.45, 7) is 9.35. The summed E-state index contributed by atoms with van der Waals surface area (Å²) in [4.78, 5) is 0. The van der Waals surface area contributed by atoms with E-state index in [0.717, 1.165) is 26.0 Å². The fraction of sp³-hybridized carbons (Fsp3) is 0.579. The Bertz CT molecular complexity index is 672. The van der Waals surface area contributed by atoms with Crippen molar-refractivity contribution in [2.75, 3.05) is 19.7 Å². The highest BCUT2D eigenvalue weighted by Gasteiger charge is 2.17. The van der Waals surface area contributed by atoms with Gasteiger partial charge in [-0.1, -0.05) is 11.6 Å². The van der Waals surface area contributed by atoms with E-state index in [2.05, 4.69) is 48.9 Å². The van der Waals surface area contributed by atoms with Crippen molar-refractivity contribution in [3.63, 3.8) is 0 Å². The zero-order valence-electron chi connectivity index (χ0n) is 14.4. The first kappa shape index (κ1) is 16.5. The highest BCUT2D eigenvalue weighted by Crippen LogP contribution is 2.26. The summed E-state index contributed by atoms with van der Waals surface area (Å²) in [5.41, 5.74) is 5.03. The lowest BCUT2D eigenvalue weighted by Crippen LogP contribution is -2.35. The Morgan fingerprint density at radius 2 is 2.17 bits per heavy atom. The summed E-state index contributed by atoms with van der Waals surface area (Å²) in [7, 11) is 0. The van der Waals surface area contributed by atoms with Gasteiger partial charge in [-0.15, -0.1) is 0 Å². The molecule has 2 heterocycles. The molecule has 0 saturated carbocycles. The molecule has 1 fully saturated rings. The van der Waals surface area contributed by atoms with E-state index in [1.165, 1.54) is 27.7 Å². The number of aryl methyl sites for hydroxylation is 2. The summed E-state index contributed by atoms with van der Waals surface area (Å²) in [5, 5.41) is 15.0. The van der Waals surface area contributed by atoms with Gasteiger partial charge in [0.2, 0.25) is 0 Å². The van der Waals surface area contributed by atoms with E-state index in [9.17, 15) is 5.11 Å². The lowest BCUT2D eigenvalue weighted by molar-refractivity contribution is 0.101. The molecule has 0 unspecified atom stereocenters. The lowest BCUT2D eigenvalue weighted by atomic mass is 10.1. The second-order valence-corrected chi connectivity index (χ2v) is 6.79. The number of aromatic nitrogens is 1. The van der Waals surface area contributed by atoms with Crippen LogP contribution in [0.3, 0.4) is 0 Å². The molecule has 1 aromatic carbocycles. The van der Waals surface area contributed by atoms with Gasteiger partial charge in [-0.2, -0.15) is 0 Å². The van der Waals surface area contributed by atoms with Gasteiger partial charge >= 0.3 is 0 Å². The van der Waals surface area contributed by atoms with Crippen LogP contribution in [0.2, 0.25) is 0 Å². The van der Waals surface area contributed by atoms with E-state index in [4.69, 9.17) is 4.74 Å². The highest BCUT2D eigenvalue weighted by molar-refractivity contribution is 5.85. The molecule has 0 amide bonds. The van der Waals surface area contributed by atoms with Crippen LogP contribution in [0.5, 0.6) is 0 Å². The number of hydrogen-bond donors (Lipinski definition) is 2. The van der Waals surface area contributed by atoms with Crippen LogP contribution < -0.4 is 5.32 Å². The van der Waals surface area contributed by atoms with Gasteiger partial charge in [-0.25, -0.2) is 0 Å². The molecule has 2 aromatic rings. The molecular weight excluding hydrogens is 288 g/mol. The lowest BCUT2D eigenvalue weighted by Gasteiger charge is -2.17. The fourth-order valence-corrected chi connectivity index (χ4v) is 3.49. The summed E-state index contributed by atoms with van der Waals surface area (Å²) in [6, 6.07) is 6.53. The van der Waals surface area contributed by atoms with E-state index in [1.54, 1.807) is 0 Å². The molecule has 1 saturated heterocycles. The maximum Gasteiger partial charge on any atom is 0.0843 e. The quantitative estimate of drug-likeness (QED) is 0.861. The van der Waals surface area contributed by atoms with Crippen LogP contribution in [0.4, 0.5) is 0 Å². The third-order valence-corrected chi connectivity index (χ3v) is 4.96. The number of benzene rings is 1. The minimum absolute atomic E-state index is 0.321. The summed E-state index contributed by atoms with van der Waals surface area (Å²) in [5.74, 6) is 0. The van der Waals surface area contributed by atoms with Gasteiger partial charge in [0.05, 0.1) is 18.8 Å². The molecule has 1 aliphatic heterocycles. The number of fused-ring (bicyclic) bond motifs is 1. The minimum Gasteiger partial charge on any atom is -0.390 e. The SMILES string of the molecule is Cc1ccc2c(c1)c(C)c(C)n2C[C@@H](O)CNC[C@H]1CCCO1. The Labute approximate surface area is 138 Å². The van der Waals surface area contributed by atoms with Crippen LogP contribution in [-0.4, -0.2) is 41.6 Å². The second-order valence-electron chi connectivity index (χ2n) is 6.79. The second kappa shape index (κ2) is 7.04. The Kier molecular flexibility index (Phi) is 5.05. The third kappa shape index (κ3) is 3.60. The van der Waals surface area contributed by atoms with Crippen LogP contribution in [-0.2, 0) is 11.3 Å². The molecule has 0 radical (unpaired) electrons. The van der Waals surface area contributed by atoms with Gasteiger partial charge in [0.25, 0.3) is 0 Å². The van der Waals surface area contributed by atoms with Crippen molar-refractivity contribution in [1.29, 1.82) is 0 Å². The highest BCUT2D eigenvalue weighted by atomic mass is 16.5. The smallest absolute Gasteiger partial charge is 0.0843 e. The number of aliphatic hydroxyl groups is 1. The van der Waals surface area contributed by atoms with Crippen molar-refractivity contribution >= 4 is 10.9 Å². The number of nitrogens with one attached hydrogen (secondary N) is 1.